The summed E-state index contributed by atoms with van der Waals surface area (Å²) >= 11 is 0. The number of benzene rings is 1. The van der Waals surface area contributed by atoms with Gasteiger partial charge in [-0.15, -0.1) is 0 Å². The van der Waals surface area contributed by atoms with Crippen LogP contribution in [0.2, 0.25) is 0 Å². The van der Waals surface area contributed by atoms with E-state index in [-0.39, 0.29) is 11.3 Å². The lowest BCUT2D eigenvalue weighted by Crippen LogP contribution is -2.59. The van der Waals surface area contributed by atoms with Gasteiger partial charge in [0.05, 0.1) is 19.3 Å². The number of ether oxygens (including phenoxy) is 2. The number of aromatic nitrogens is 1. The van der Waals surface area contributed by atoms with Crippen molar-refractivity contribution < 1.29 is 41.0 Å². The van der Waals surface area contributed by atoms with Crippen molar-refractivity contribution in [2.75, 3.05) is 26.6 Å². The van der Waals surface area contributed by atoms with Crippen LogP contribution >= 0.6 is 0 Å². The van der Waals surface area contributed by atoms with E-state index in [4.69, 9.17) is 9.47 Å². The molecule has 1 aliphatic heterocycles. The number of halogens is 5. The lowest BCUT2D eigenvalue weighted by Gasteiger charge is -2.39. The molecule has 2 aromatic rings. The van der Waals surface area contributed by atoms with Gasteiger partial charge in [0.25, 0.3) is 0 Å². The number of likely N-dealkylation sites (N-methyl/N-ethyl adjacent to an activating group) is 1. The smallest absolute Gasteiger partial charge is 0.409 e. The van der Waals surface area contributed by atoms with E-state index < -0.39 is 53.1 Å². The molecule has 1 aromatic carbocycles. The summed E-state index contributed by atoms with van der Waals surface area (Å²) in [6.45, 7) is 0.863. The van der Waals surface area contributed by atoms with Gasteiger partial charge < -0.3 is 20.0 Å². The second kappa shape index (κ2) is 8.75. The van der Waals surface area contributed by atoms with E-state index in [9.17, 15) is 32.0 Å². The highest BCUT2D eigenvalue weighted by Gasteiger charge is 2.69. The van der Waals surface area contributed by atoms with E-state index in [1.54, 1.807) is 0 Å². The minimum Gasteiger partial charge on any atom is -0.619 e. The van der Waals surface area contributed by atoms with E-state index in [0.29, 0.717) is 4.73 Å². The normalized spacial score (nSPS) is 25.8. The van der Waals surface area contributed by atoms with E-state index in [1.165, 1.54) is 12.1 Å². The lowest BCUT2D eigenvalue weighted by molar-refractivity contribution is -0.604. The first-order valence-corrected chi connectivity index (χ1v) is 9.72. The number of nitrogens with zero attached hydrogens (tertiary/aromatic N) is 2. The maximum Gasteiger partial charge on any atom is 0.409 e. The van der Waals surface area contributed by atoms with Crippen LogP contribution in [0.15, 0.2) is 36.7 Å². The molecule has 0 unspecified atom stereocenters. The van der Waals surface area contributed by atoms with Crippen LogP contribution in [0.3, 0.4) is 0 Å². The summed E-state index contributed by atoms with van der Waals surface area (Å²) in [5.74, 6) is -5.62. The molecule has 1 amide bonds. The van der Waals surface area contributed by atoms with Crippen molar-refractivity contribution in [2.45, 2.75) is 36.7 Å². The SMILES string of the molecule is COc1c([C@H]2[C@H](C(=O)Nc3ccc[n+]([O-])c3)N(C)[C@@](C)(C(F)(F)F)[C@H]2OC)ccc(F)c1F. The zero-order valence-corrected chi connectivity index (χ0v) is 18.1. The Balaban J connectivity index is 2.19. The molecule has 0 aliphatic carbocycles. The summed E-state index contributed by atoms with van der Waals surface area (Å²) in [7, 11) is 3.17. The quantitative estimate of drug-likeness (QED) is 0.409. The Hall–Kier alpha value is -2.99. The number of rotatable bonds is 5. The van der Waals surface area contributed by atoms with Gasteiger partial charge in [0.1, 0.15) is 11.2 Å². The zero-order valence-electron chi connectivity index (χ0n) is 18.1. The van der Waals surface area contributed by atoms with Crippen molar-refractivity contribution in [1.82, 2.24) is 4.90 Å². The van der Waals surface area contributed by atoms with Crippen LogP contribution < -0.4 is 14.8 Å². The minimum atomic E-state index is -4.87. The third kappa shape index (κ3) is 3.97. The molecule has 3 rings (SSSR count). The summed E-state index contributed by atoms with van der Waals surface area (Å²) < 4.78 is 81.8. The van der Waals surface area contributed by atoms with E-state index in [2.05, 4.69) is 5.32 Å². The van der Waals surface area contributed by atoms with E-state index >= 15 is 0 Å². The second-order valence-corrected chi connectivity index (χ2v) is 7.81. The zero-order chi connectivity index (χ0) is 24.7. The molecule has 1 N–H and O–H groups in total. The summed E-state index contributed by atoms with van der Waals surface area (Å²) in [4.78, 5) is 14.0. The van der Waals surface area contributed by atoms with Crippen molar-refractivity contribution in [3.05, 3.63) is 59.1 Å². The summed E-state index contributed by atoms with van der Waals surface area (Å²) in [5, 5.41) is 13.9. The molecule has 0 saturated carbocycles. The number of methoxy groups -OCH3 is 2. The molecule has 0 spiro atoms. The average molecular weight is 475 g/mol. The summed E-state index contributed by atoms with van der Waals surface area (Å²) in [5.41, 5.74) is -2.81. The number of nitrogens with one attached hydrogen (secondary N) is 1. The molecule has 0 radical (unpaired) electrons. The highest BCUT2D eigenvalue weighted by molar-refractivity contribution is 5.96. The molecule has 1 fully saturated rings. The summed E-state index contributed by atoms with van der Waals surface area (Å²) in [6.07, 6.45) is -4.38. The Labute approximate surface area is 186 Å². The molecule has 33 heavy (non-hydrogen) atoms. The number of likely N-dealkylation sites (tertiary alicyclic amines) is 1. The van der Waals surface area contributed by atoms with Crippen LogP contribution in [0, 0.1) is 16.8 Å². The lowest BCUT2D eigenvalue weighted by atomic mass is 9.82. The maximum atomic E-state index is 14.5. The Morgan fingerprint density at radius 3 is 2.45 bits per heavy atom. The number of carbonyl (C=O) groups excluding carboxylic acids is 1. The Morgan fingerprint density at radius 1 is 1.24 bits per heavy atom. The maximum absolute atomic E-state index is 14.5. The van der Waals surface area contributed by atoms with Gasteiger partial charge in [-0.1, -0.05) is 6.07 Å². The number of pyridine rings is 1. The molecule has 1 aromatic heterocycles. The molecule has 0 bridgehead atoms. The fourth-order valence-corrected chi connectivity index (χ4v) is 4.42. The van der Waals surface area contributed by atoms with Crippen molar-refractivity contribution in [2.24, 2.45) is 0 Å². The van der Waals surface area contributed by atoms with Crippen LogP contribution in [0.1, 0.15) is 18.4 Å². The Bertz CT molecular complexity index is 1050. The molecular formula is C21H22F5N3O4. The number of anilines is 1. The minimum absolute atomic E-state index is 0.0384. The van der Waals surface area contributed by atoms with Crippen LogP contribution in [-0.2, 0) is 9.53 Å². The molecular weight excluding hydrogens is 453 g/mol. The van der Waals surface area contributed by atoms with Crippen LogP contribution in [0.5, 0.6) is 5.75 Å². The molecule has 2 heterocycles. The average Bonchev–Trinajstić information content (AvgIpc) is 2.97. The van der Waals surface area contributed by atoms with Crippen molar-refractivity contribution in [1.29, 1.82) is 0 Å². The fourth-order valence-electron chi connectivity index (χ4n) is 4.42. The Kier molecular flexibility index (Phi) is 6.53. The highest BCUT2D eigenvalue weighted by atomic mass is 19.4. The van der Waals surface area contributed by atoms with Gasteiger partial charge >= 0.3 is 6.18 Å². The third-order valence-electron chi connectivity index (χ3n) is 6.15. The molecule has 1 aliphatic rings. The van der Waals surface area contributed by atoms with E-state index in [1.807, 2.05) is 0 Å². The molecule has 7 nitrogen and oxygen atoms in total. The monoisotopic (exact) mass is 475 g/mol. The summed E-state index contributed by atoms with van der Waals surface area (Å²) in [6, 6.07) is 2.98. The van der Waals surface area contributed by atoms with Gasteiger partial charge in [-0.2, -0.15) is 22.3 Å². The third-order valence-corrected chi connectivity index (χ3v) is 6.15. The largest absolute Gasteiger partial charge is 0.619 e. The first-order valence-electron chi connectivity index (χ1n) is 9.72. The van der Waals surface area contributed by atoms with Crippen molar-refractivity contribution in [3.8, 4) is 5.75 Å². The standard InChI is InChI=1S/C21H22F5N3O4/c1-20(21(24,25)26)18(33-4)14(12-7-8-13(22)15(23)17(12)32-3)16(28(20)2)19(30)27-11-6-5-9-29(31)10-11/h5-10,14,16,18H,1-4H3,(H,27,30)/t14-,16+,18-,20+/m0/s1. The van der Waals surface area contributed by atoms with Gasteiger partial charge in [0.2, 0.25) is 17.9 Å². The first kappa shape index (κ1) is 24.6. The number of carbonyl (C=O) groups is 1. The number of alkyl halides is 3. The number of amides is 1. The number of hydrogen-bond donors (Lipinski definition) is 1. The van der Waals surface area contributed by atoms with Crippen LogP contribution in [0.25, 0.3) is 0 Å². The Morgan fingerprint density at radius 2 is 1.91 bits per heavy atom. The van der Waals surface area contributed by atoms with Crippen molar-refractivity contribution >= 4 is 11.6 Å². The molecule has 180 valence electrons. The molecule has 12 heteroatoms. The van der Waals surface area contributed by atoms with Gasteiger partial charge in [-0.05, 0) is 26.1 Å². The predicted octanol–water partition coefficient (Wildman–Crippen LogP) is 2.98. The predicted molar refractivity (Wildman–Crippen MR) is 106 cm³/mol. The molecule has 1 saturated heterocycles. The fraction of sp³-hybridized carbons (Fsp3) is 0.429. The van der Waals surface area contributed by atoms with Crippen molar-refractivity contribution in [3.63, 3.8) is 0 Å². The first-order chi connectivity index (χ1) is 15.4. The molecule has 4 atom stereocenters. The van der Waals surface area contributed by atoms with Gasteiger partial charge in [0.15, 0.2) is 17.8 Å². The second-order valence-electron chi connectivity index (χ2n) is 7.81. The van der Waals surface area contributed by atoms with Crippen LogP contribution in [0.4, 0.5) is 27.6 Å². The van der Waals surface area contributed by atoms with Crippen LogP contribution in [-0.4, -0.2) is 55.9 Å². The van der Waals surface area contributed by atoms with Gasteiger partial charge in [-0.3, -0.25) is 9.69 Å². The number of hydrogen-bond acceptors (Lipinski definition) is 5. The highest BCUT2D eigenvalue weighted by Crippen LogP contribution is 2.53. The van der Waals surface area contributed by atoms with E-state index in [0.717, 1.165) is 57.6 Å². The topological polar surface area (TPSA) is 77.7 Å². The van der Waals surface area contributed by atoms with Gasteiger partial charge in [0, 0.05) is 24.7 Å². The van der Waals surface area contributed by atoms with Gasteiger partial charge in [-0.25, -0.2) is 4.39 Å².